The van der Waals surface area contributed by atoms with Crippen molar-refractivity contribution in [2.75, 3.05) is 38.5 Å². The minimum atomic E-state index is -4.52. The van der Waals surface area contributed by atoms with Crippen molar-refractivity contribution in [3.05, 3.63) is 46.1 Å². The van der Waals surface area contributed by atoms with E-state index >= 15 is 0 Å². The first kappa shape index (κ1) is 21.0. The Bertz CT molecular complexity index is 935. The molecule has 1 fully saturated rings. The van der Waals surface area contributed by atoms with E-state index in [0.29, 0.717) is 26.2 Å². The first-order valence-corrected chi connectivity index (χ1v) is 10.2. The van der Waals surface area contributed by atoms with Crippen molar-refractivity contribution in [1.82, 2.24) is 19.6 Å². The molecular formula is C20H23ClF3N5O. The van der Waals surface area contributed by atoms with E-state index in [1.54, 1.807) is 17.0 Å². The number of halogens is 4. The van der Waals surface area contributed by atoms with Crippen molar-refractivity contribution < 1.29 is 18.0 Å². The van der Waals surface area contributed by atoms with Gasteiger partial charge in [0, 0.05) is 32.6 Å². The highest BCUT2D eigenvalue weighted by Crippen LogP contribution is 2.46. The average molecular weight is 442 g/mol. The van der Waals surface area contributed by atoms with Crippen LogP contribution in [0, 0.1) is 6.92 Å². The monoisotopic (exact) mass is 441 g/mol. The van der Waals surface area contributed by atoms with Crippen LogP contribution in [0.5, 0.6) is 0 Å². The second-order valence-corrected chi connectivity index (χ2v) is 8.33. The standard InChI is InChI=1S/C20H23ClF3N5O/c1-12-3-5-13(6-4-12)14-11-15(20(22,23)24)29-18(25-14)16(21)17(26-29)19(30)28-9-7-27(2)8-10-28/h3-6,14-15,25H,7-11H2,1-2H3/t14-,15+/m0/s1. The molecule has 3 heterocycles. The summed E-state index contributed by atoms with van der Waals surface area (Å²) in [6.07, 6.45) is -4.76. The number of nitrogens with zero attached hydrogens (tertiary/aromatic N) is 4. The molecule has 0 unspecified atom stereocenters. The smallest absolute Gasteiger partial charge is 0.362 e. The predicted molar refractivity (Wildman–Crippen MR) is 108 cm³/mol. The molecule has 0 radical (unpaired) electrons. The van der Waals surface area contributed by atoms with E-state index in [1.807, 2.05) is 26.1 Å². The number of aryl methyl sites for hydroxylation is 1. The van der Waals surface area contributed by atoms with Crippen LogP contribution in [0.1, 0.15) is 40.1 Å². The highest BCUT2D eigenvalue weighted by Gasteiger charge is 2.48. The topological polar surface area (TPSA) is 53.4 Å². The molecule has 1 N–H and O–H groups in total. The number of carbonyl (C=O) groups excluding carboxylic acids is 1. The van der Waals surface area contributed by atoms with Crippen molar-refractivity contribution >= 4 is 23.3 Å². The average Bonchev–Trinajstić information content (AvgIpc) is 3.04. The normalized spacial score (nSPS) is 22.5. The third-order valence-electron chi connectivity index (χ3n) is 5.77. The largest absolute Gasteiger partial charge is 0.410 e. The zero-order valence-electron chi connectivity index (χ0n) is 16.7. The molecule has 1 aromatic heterocycles. The molecule has 2 aromatic rings. The number of amides is 1. The number of alkyl halides is 3. The molecule has 10 heteroatoms. The Labute approximate surface area is 177 Å². The molecule has 0 aliphatic carbocycles. The van der Waals surface area contributed by atoms with Crippen molar-refractivity contribution in [3.8, 4) is 0 Å². The summed E-state index contributed by atoms with van der Waals surface area (Å²) >= 11 is 6.41. The number of benzene rings is 1. The lowest BCUT2D eigenvalue weighted by Gasteiger charge is -2.33. The van der Waals surface area contributed by atoms with Gasteiger partial charge in [-0.2, -0.15) is 18.3 Å². The van der Waals surface area contributed by atoms with Crippen molar-refractivity contribution in [1.29, 1.82) is 0 Å². The van der Waals surface area contributed by atoms with Crippen LogP contribution in [-0.2, 0) is 0 Å². The second-order valence-electron chi connectivity index (χ2n) is 7.95. The van der Waals surface area contributed by atoms with Crippen LogP contribution in [0.15, 0.2) is 24.3 Å². The maximum Gasteiger partial charge on any atom is 0.410 e. The molecule has 0 spiro atoms. The highest BCUT2D eigenvalue weighted by molar-refractivity contribution is 6.36. The van der Waals surface area contributed by atoms with Gasteiger partial charge < -0.3 is 15.1 Å². The minimum Gasteiger partial charge on any atom is -0.362 e. The zero-order chi connectivity index (χ0) is 21.6. The molecule has 2 aliphatic heterocycles. The zero-order valence-corrected chi connectivity index (χ0v) is 17.5. The van der Waals surface area contributed by atoms with Gasteiger partial charge >= 0.3 is 6.18 Å². The number of rotatable bonds is 2. The SMILES string of the molecule is Cc1ccc([C@@H]2C[C@H](C(F)(F)F)n3nc(C(=O)N4CCN(C)CC4)c(Cl)c3N2)cc1. The van der Waals surface area contributed by atoms with Gasteiger partial charge in [-0.05, 0) is 19.5 Å². The number of anilines is 1. The number of fused-ring (bicyclic) bond motifs is 1. The second kappa shape index (κ2) is 7.77. The summed E-state index contributed by atoms with van der Waals surface area (Å²) in [6, 6.07) is 4.86. The number of carbonyl (C=O) groups is 1. The van der Waals surface area contributed by atoms with Crippen molar-refractivity contribution in [3.63, 3.8) is 0 Å². The molecule has 6 nitrogen and oxygen atoms in total. The first-order valence-electron chi connectivity index (χ1n) is 9.81. The summed E-state index contributed by atoms with van der Waals surface area (Å²) in [4.78, 5) is 16.6. The Balaban J connectivity index is 1.69. The first-order chi connectivity index (χ1) is 14.1. The predicted octanol–water partition coefficient (Wildman–Crippen LogP) is 3.89. The number of nitrogens with one attached hydrogen (secondary N) is 1. The summed E-state index contributed by atoms with van der Waals surface area (Å²) in [6.45, 7) is 4.26. The molecule has 1 amide bonds. The van der Waals surface area contributed by atoms with Crippen LogP contribution < -0.4 is 5.32 Å². The Hall–Kier alpha value is -2.26. The number of hydrogen-bond acceptors (Lipinski definition) is 4. The fraction of sp³-hybridized carbons (Fsp3) is 0.500. The van der Waals surface area contributed by atoms with Crippen LogP contribution >= 0.6 is 11.6 Å². The third kappa shape index (κ3) is 3.88. The van der Waals surface area contributed by atoms with Crippen molar-refractivity contribution in [2.45, 2.75) is 31.6 Å². The van der Waals surface area contributed by atoms with Crippen molar-refractivity contribution in [2.24, 2.45) is 0 Å². The molecule has 4 rings (SSSR count). The van der Waals surface area contributed by atoms with E-state index in [4.69, 9.17) is 11.6 Å². The van der Waals surface area contributed by atoms with E-state index in [-0.39, 0.29) is 23.0 Å². The van der Waals surface area contributed by atoms with Crippen LogP contribution in [0.3, 0.4) is 0 Å². The Morgan fingerprint density at radius 3 is 2.40 bits per heavy atom. The molecule has 1 saturated heterocycles. The van der Waals surface area contributed by atoms with Gasteiger partial charge in [0.05, 0.1) is 6.04 Å². The van der Waals surface area contributed by atoms with Crippen LogP contribution in [0.2, 0.25) is 5.02 Å². The maximum atomic E-state index is 13.9. The van der Waals surface area contributed by atoms with Gasteiger partial charge in [0.15, 0.2) is 11.7 Å². The number of likely N-dealkylation sites (N-methyl/N-ethyl adjacent to an activating group) is 1. The molecule has 2 atom stereocenters. The maximum absolute atomic E-state index is 13.9. The summed E-state index contributed by atoms with van der Waals surface area (Å²) in [5.41, 5.74) is 1.61. The molecule has 162 valence electrons. The summed E-state index contributed by atoms with van der Waals surface area (Å²) in [7, 11) is 1.95. The Kier molecular flexibility index (Phi) is 5.44. The number of hydrogen-bond donors (Lipinski definition) is 1. The quantitative estimate of drug-likeness (QED) is 0.768. The minimum absolute atomic E-state index is 0.0355. The van der Waals surface area contributed by atoms with E-state index in [2.05, 4.69) is 15.3 Å². The van der Waals surface area contributed by atoms with Crippen LogP contribution in [0.25, 0.3) is 0 Å². The van der Waals surface area contributed by atoms with Gasteiger partial charge in [0.2, 0.25) is 0 Å². The summed E-state index contributed by atoms with van der Waals surface area (Å²) < 4.78 is 42.5. The van der Waals surface area contributed by atoms with E-state index in [0.717, 1.165) is 15.8 Å². The third-order valence-corrected chi connectivity index (χ3v) is 6.13. The van der Waals surface area contributed by atoms with Gasteiger partial charge in [-0.1, -0.05) is 41.4 Å². The molecule has 2 aliphatic rings. The lowest BCUT2D eigenvalue weighted by molar-refractivity contribution is -0.173. The Morgan fingerprint density at radius 2 is 1.80 bits per heavy atom. The summed E-state index contributed by atoms with van der Waals surface area (Å²) in [5.74, 6) is -0.405. The van der Waals surface area contributed by atoms with Gasteiger partial charge in [-0.15, -0.1) is 0 Å². The number of aromatic nitrogens is 2. The Morgan fingerprint density at radius 1 is 1.17 bits per heavy atom. The van der Waals surface area contributed by atoms with Gasteiger partial charge in [-0.25, -0.2) is 4.68 Å². The van der Waals surface area contributed by atoms with Gasteiger partial charge in [-0.3, -0.25) is 4.79 Å². The molecule has 0 saturated carbocycles. The molecule has 0 bridgehead atoms. The van der Waals surface area contributed by atoms with Gasteiger partial charge in [0.1, 0.15) is 10.8 Å². The highest BCUT2D eigenvalue weighted by atomic mass is 35.5. The summed E-state index contributed by atoms with van der Waals surface area (Å²) in [5, 5.41) is 7.05. The molecule has 1 aromatic carbocycles. The lowest BCUT2D eigenvalue weighted by Crippen LogP contribution is -2.47. The van der Waals surface area contributed by atoms with E-state index in [9.17, 15) is 18.0 Å². The lowest BCUT2D eigenvalue weighted by atomic mass is 9.96. The molecule has 30 heavy (non-hydrogen) atoms. The van der Waals surface area contributed by atoms with E-state index < -0.39 is 24.2 Å². The number of piperazine rings is 1. The fourth-order valence-corrected chi connectivity index (χ4v) is 4.16. The van der Waals surface area contributed by atoms with Crippen LogP contribution in [0.4, 0.5) is 19.0 Å². The van der Waals surface area contributed by atoms with Crippen LogP contribution in [-0.4, -0.2) is 64.9 Å². The van der Waals surface area contributed by atoms with E-state index in [1.165, 1.54) is 0 Å². The van der Waals surface area contributed by atoms with Gasteiger partial charge in [0.25, 0.3) is 5.91 Å². The fourth-order valence-electron chi connectivity index (χ4n) is 3.90. The molecular weight excluding hydrogens is 419 g/mol.